The normalized spacial score (nSPS) is 10.2. The maximum absolute atomic E-state index is 11.5. The van der Waals surface area contributed by atoms with E-state index in [9.17, 15) is 4.79 Å². The fourth-order valence-electron chi connectivity index (χ4n) is 1.71. The van der Waals surface area contributed by atoms with Gasteiger partial charge in [0.05, 0.1) is 32.1 Å². The van der Waals surface area contributed by atoms with Gasteiger partial charge in [0.2, 0.25) is 0 Å². The minimum absolute atomic E-state index is 0.185. The molecule has 0 atom stereocenters. The second-order valence-electron chi connectivity index (χ2n) is 4.21. The summed E-state index contributed by atoms with van der Waals surface area (Å²) < 4.78 is 15.4. The molecule has 0 fully saturated rings. The van der Waals surface area contributed by atoms with Gasteiger partial charge in [-0.05, 0) is 19.3 Å². The van der Waals surface area contributed by atoms with Crippen LogP contribution in [0, 0.1) is 0 Å². The Kier molecular flexibility index (Phi) is 6.66. The average molecular weight is 283 g/mol. The number of aliphatic hydroxyl groups excluding tert-OH is 1. The van der Waals surface area contributed by atoms with Gasteiger partial charge in [-0.15, -0.1) is 0 Å². The molecule has 0 aliphatic heterocycles. The zero-order valence-corrected chi connectivity index (χ0v) is 11.8. The molecule has 0 unspecified atom stereocenters. The summed E-state index contributed by atoms with van der Waals surface area (Å²) in [4.78, 5) is 11.5. The first-order valence-corrected chi connectivity index (χ1v) is 6.43. The molecule has 0 spiro atoms. The van der Waals surface area contributed by atoms with E-state index < -0.39 is 5.97 Å². The first kappa shape index (κ1) is 16.1. The highest BCUT2D eigenvalue weighted by Gasteiger charge is 2.15. The largest absolute Gasteiger partial charge is 0.493 e. The summed E-state index contributed by atoms with van der Waals surface area (Å²) in [5, 5.41) is 8.69. The van der Waals surface area contributed by atoms with Crippen molar-refractivity contribution in [3.8, 4) is 11.5 Å². The maximum Gasteiger partial charge on any atom is 0.340 e. The van der Waals surface area contributed by atoms with E-state index in [2.05, 4.69) is 4.74 Å². The van der Waals surface area contributed by atoms with Gasteiger partial charge >= 0.3 is 5.97 Å². The molecule has 0 bridgehead atoms. The lowest BCUT2D eigenvalue weighted by molar-refractivity contribution is 0.0601. The van der Waals surface area contributed by atoms with Crippen LogP contribution in [0.4, 0.5) is 5.69 Å². The molecule has 0 aliphatic carbocycles. The summed E-state index contributed by atoms with van der Waals surface area (Å²) in [6.07, 6.45) is 2.46. The molecular weight excluding hydrogens is 262 g/mol. The summed E-state index contributed by atoms with van der Waals surface area (Å²) in [5.74, 6) is 0.402. The van der Waals surface area contributed by atoms with Crippen molar-refractivity contribution in [3.05, 3.63) is 17.7 Å². The monoisotopic (exact) mass is 283 g/mol. The number of aliphatic hydroxyl groups is 1. The van der Waals surface area contributed by atoms with Crippen molar-refractivity contribution < 1.29 is 24.1 Å². The number of carbonyl (C=O) groups excluding carboxylic acids is 1. The van der Waals surface area contributed by atoms with Gasteiger partial charge in [-0.2, -0.15) is 0 Å². The minimum Gasteiger partial charge on any atom is -0.493 e. The number of carbonyl (C=O) groups is 1. The van der Waals surface area contributed by atoms with E-state index in [1.54, 1.807) is 6.07 Å². The van der Waals surface area contributed by atoms with Crippen molar-refractivity contribution in [2.75, 3.05) is 33.2 Å². The van der Waals surface area contributed by atoms with Crippen LogP contribution in [-0.4, -0.2) is 38.5 Å². The first-order valence-electron chi connectivity index (χ1n) is 6.43. The van der Waals surface area contributed by atoms with Gasteiger partial charge in [-0.1, -0.05) is 0 Å². The van der Waals surface area contributed by atoms with Gasteiger partial charge in [-0.25, -0.2) is 4.79 Å². The fraction of sp³-hybridized carbons (Fsp3) is 0.500. The molecule has 1 aromatic rings. The number of ether oxygens (including phenoxy) is 3. The molecule has 0 aliphatic rings. The van der Waals surface area contributed by atoms with Crippen LogP contribution in [0.15, 0.2) is 12.1 Å². The van der Waals surface area contributed by atoms with Gasteiger partial charge < -0.3 is 25.1 Å². The van der Waals surface area contributed by atoms with Gasteiger partial charge in [-0.3, -0.25) is 0 Å². The van der Waals surface area contributed by atoms with Crippen molar-refractivity contribution in [1.82, 2.24) is 0 Å². The SMILES string of the molecule is COC(=O)c1cc(OC)c(OCCCCCO)cc1N. The molecule has 112 valence electrons. The Morgan fingerprint density at radius 1 is 1.20 bits per heavy atom. The average Bonchev–Trinajstić information content (AvgIpc) is 2.46. The molecular formula is C14H21NO5. The first-order chi connectivity index (χ1) is 9.63. The molecule has 0 saturated carbocycles. The molecule has 20 heavy (non-hydrogen) atoms. The highest BCUT2D eigenvalue weighted by atomic mass is 16.5. The van der Waals surface area contributed by atoms with Crippen molar-refractivity contribution in [2.24, 2.45) is 0 Å². The Balaban J connectivity index is 2.76. The predicted octanol–water partition coefficient (Wildman–Crippen LogP) is 1.61. The highest BCUT2D eigenvalue weighted by Crippen LogP contribution is 2.32. The second-order valence-corrected chi connectivity index (χ2v) is 4.21. The van der Waals surface area contributed by atoms with E-state index in [1.807, 2.05) is 0 Å². The summed E-state index contributed by atoms with van der Waals surface area (Å²) in [6.45, 7) is 0.678. The third-order valence-corrected chi connectivity index (χ3v) is 2.80. The number of nitrogens with two attached hydrogens (primary N) is 1. The number of hydrogen-bond donors (Lipinski definition) is 2. The number of hydrogen-bond acceptors (Lipinski definition) is 6. The highest BCUT2D eigenvalue weighted by molar-refractivity contribution is 5.96. The summed E-state index contributed by atoms with van der Waals surface area (Å²) in [5.41, 5.74) is 6.33. The molecule has 6 nitrogen and oxygen atoms in total. The molecule has 1 aromatic carbocycles. The molecule has 3 N–H and O–H groups in total. The van der Waals surface area contributed by atoms with Crippen LogP contribution >= 0.6 is 0 Å². The van der Waals surface area contributed by atoms with E-state index in [1.165, 1.54) is 20.3 Å². The molecule has 6 heteroatoms. The third kappa shape index (κ3) is 4.31. The van der Waals surface area contributed by atoms with Gasteiger partial charge in [0.25, 0.3) is 0 Å². The number of anilines is 1. The van der Waals surface area contributed by atoms with Crippen molar-refractivity contribution in [1.29, 1.82) is 0 Å². The Bertz CT molecular complexity index is 447. The van der Waals surface area contributed by atoms with E-state index >= 15 is 0 Å². The van der Waals surface area contributed by atoms with Gasteiger partial charge in [0, 0.05) is 18.7 Å². The summed E-state index contributed by atoms with van der Waals surface area (Å²) in [7, 11) is 2.78. The van der Waals surface area contributed by atoms with Crippen LogP contribution < -0.4 is 15.2 Å². The summed E-state index contributed by atoms with van der Waals surface area (Å²) >= 11 is 0. The lowest BCUT2D eigenvalue weighted by Crippen LogP contribution is -2.08. The van der Waals surface area contributed by atoms with Crippen LogP contribution in [-0.2, 0) is 4.74 Å². The topological polar surface area (TPSA) is 91.0 Å². The van der Waals surface area contributed by atoms with Crippen molar-refractivity contribution in [2.45, 2.75) is 19.3 Å². The molecule has 0 radical (unpaired) electrons. The minimum atomic E-state index is -0.518. The van der Waals surface area contributed by atoms with E-state index in [0.29, 0.717) is 18.1 Å². The maximum atomic E-state index is 11.5. The molecule has 0 aromatic heterocycles. The number of rotatable bonds is 8. The third-order valence-electron chi connectivity index (χ3n) is 2.80. The number of methoxy groups -OCH3 is 2. The predicted molar refractivity (Wildman–Crippen MR) is 75.2 cm³/mol. The second kappa shape index (κ2) is 8.27. The zero-order chi connectivity index (χ0) is 15.0. The van der Waals surface area contributed by atoms with Crippen LogP contribution in [0.2, 0.25) is 0 Å². The Morgan fingerprint density at radius 2 is 1.95 bits per heavy atom. The van der Waals surface area contributed by atoms with Crippen LogP contribution in [0.3, 0.4) is 0 Å². The Hall–Kier alpha value is -1.95. The molecule has 1 rings (SSSR count). The van der Waals surface area contributed by atoms with E-state index in [4.69, 9.17) is 20.3 Å². The Morgan fingerprint density at radius 3 is 2.55 bits per heavy atom. The molecule has 0 amide bonds. The number of esters is 1. The standard InChI is InChI=1S/C14H21NO5/c1-18-12-8-10(14(17)19-2)11(15)9-13(12)20-7-5-3-4-6-16/h8-9,16H,3-7,15H2,1-2H3. The smallest absolute Gasteiger partial charge is 0.340 e. The van der Waals surface area contributed by atoms with Gasteiger partial charge in [0.15, 0.2) is 11.5 Å². The van der Waals surface area contributed by atoms with Crippen LogP contribution in [0.25, 0.3) is 0 Å². The lowest BCUT2D eigenvalue weighted by atomic mass is 10.1. The van der Waals surface area contributed by atoms with E-state index in [0.717, 1.165) is 19.3 Å². The van der Waals surface area contributed by atoms with Crippen LogP contribution in [0.5, 0.6) is 11.5 Å². The number of benzene rings is 1. The van der Waals surface area contributed by atoms with E-state index in [-0.39, 0.29) is 17.9 Å². The lowest BCUT2D eigenvalue weighted by Gasteiger charge is -2.13. The quantitative estimate of drug-likeness (QED) is 0.428. The number of nitrogen functional groups attached to an aromatic ring is 1. The fourth-order valence-corrected chi connectivity index (χ4v) is 1.71. The zero-order valence-electron chi connectivity index (χ0n) is 11.8. The van der Waals surface area contributed by atoms with Crippen molar-refractivity contribution >= 4 is 11.7 Å². The van der Waals surface area contributed by atoms with Gasteiger partial charge in [0.1, 0.15) is 0 Å². The molecule has 0 heterocycles. The Labute approximate surface area is 118 Å². The number of unbranched alkanes of at least 4 members (excludes halogenated alkanes) is 2. The summed E-state index contributed by atoms with van der Waals surface area (Å²) in [6, 6.07) is 3.06. The van der Waals surface area contributed by atoms with Crippen molar-refractivity contribution in [3.63, 3.8) is 0 Å². The molecule has 0 saturated heterocycles. The van der Waals surface area contributed by atoms with Crippen LogP contribution in [0.1, 0.15) is 29.6 Å².